The van der Waals surface area contributed by atoms with E-state index in [0.29, 0.717) is 12.0 Å². The number of hydrogen-bond acceptors (Lipinski definition) is 5. The molecule has 0 aliphatic heterocycles. The third kappa shape index (κ3) is 6.68. The summed E-state index contributed by atoms with van der Waals surface area (Å²) in [5.74, 6) is 0.651. The number of rotatable bonds is 9. The minimum Gasteiger partial charge on any atom is -0.347 e. The summed E-state index contributed by atoms with van der Waals surface area (Å²) in [6, 6.07) is 0.515. The van der Waals surface area contributed by atoms with Crippen LogP contribution in [-0.2, 0) is 6.54 Å². The number of likely N-dealkylation sites (N-methyl/N-ethyl adjacent to an activating group) is 1. The van der Waals surface area contributed by atoms with Crippen molar-refractivity contribution in [1.82, 2.24) is 15.2 Å². The number of nitrogens with zero attached hydrogens (tertiary/aromatic N) is 3. The highest BCUT2D eigenvalue weighted by molar-refractivity contribution is 7.15. The van der Waals surface area contributed by atoms with Gasteiger partial charge in [-0.1, -0.05) is 27.7 Å². The maximum atomic E-state index is 4.61. The normalized spacial score (nSPS) is 11.8. The van der Waals surface area contributed by atoms with E-state index in [4.69, 9.17) is 0 Å². The van der Waals surface area contributed by atoms with E-state index in [-0.39, 0.29) is 0 Å². The summed E-state index contributed by atoms with van der Waals surface area (Å²) in [5, 5.41) is 4.60. The van der Waals surface area contributed by atoms with Gasteiger partial charge in [0.15, 0.2) is 5.13 Å². The summed E-state index contributed by atoms with van der Waals surface area (Å²) in [6.07, 6.45) is 2.01. The van der Waals surface area contributed by atoms with Crippen LogP contribution < -0.4 is 10.2 Å². The SMILES string of the molecule is CC(C)CN(CCN(C)C)c1ncc(CNC(C)C)s1. The largest absolute Gasteiger partial charge is 0.347 e. The molecule has 1 aromatic rings. The zero-order valence-corrected chi connectivity index (χ0v) is 14.6. The van der Waals surface area contributed by atoms with Gasteiger partial charge in [0.25, 0.3) is 0 Å². The smallest absolute Gasteiger partial charge is 0.185 e. The van der Waals surface area contributed by atoms with Crippen LogP contribution in [0.4, 0.5) is 5.13 Å². The van der Waals surface area contributed by atoms with E-state index in [2.05, 4.69) is 61.9 Å². The lowest BCUT2D eigenvalue weighted by molar-refractivity contribution is 0.409. The molecular weight excluding hydrogens is 268 g/mol. The van der Waals surface area contributed by atoms with Crippen molar-refractivity contribution in [2.24, 2.45) is 5.92 Å². The van der Waals surface area contributed by atoms with Crippen molar-refractivity contribution in [2.45, 2.75) is 40.3 Å². The fourth-order valence-corrected chi connectivity index (χ4v) is 2.75. The van der Waals surface area contributed by atoms with Crippen molar-refractivity contribution >= 4 is 16.5 Å². The molecule has 0 fully saturated rings. The summed E-state index contributed by atoms with van der Waals surface area (Å²) in [4.78, 5) is 10.6. The quantitative estimate of drug-likeness (QED) is 0.759. The molecule has 0 spiro atoms. The van der Waals surface area contributed by atoms with Gasteiger partial charge in [-0.3, -0.25) is 0 Å². The van der Waals surface area contributed by atoms with Gasteiger partial charge in [-0.25, -0.2) is 4.98 Å². The number of aromatic nitrogens is 1. The van der Waals surface area contributed by atoms with E-state index >= 15 is 0 Å². The first-order valence-corrected chi connectivity index (χ1v) is 8.28. The average Bonchev–Trinajstić information content (AvgIpc) is 2.80. The van der Waals surface area contributed by atoms with Gasteiger partial charge in [-0.2, -0.15) is 0 Å². The predicted octanol–water partition coefficient (Wildman–Crippen LogP) is 2.67. The molecule has 0 unspecified atom stereocenters. The van der Waals surface area contributed by atoms with Crippen molar-refractivity contribution in [1.29, 1.82) is 0 Å². The third-order valence-corrected chi connectivity index (χ3v) is 3.96. The number of hydrogen-bond donors (Lipinski definition) is 1. The first-order valence-electron chi connectivity index (χ1n) is 7.46. The van der Waals surface area contributed by atoms with Crippen LogP contribution in [-0.4, -0.2) is 49.7 Å². The second-order valence-electron chi connectivity index (χ2n) is 6.29. The second-order valence-corrected chi connectivity index (χ2v) is 7.38. The Morgan fingerprint density at radius 2 is 1.90 bits per heavy atom. The third-order valence-electron chi connectivity index (χ3n) is 2.90. The maximum Gasteiger partial charge on any atom is 0.185 e. The fourth-order valence-electron chi connectivity index (χ4n) is 1.86. The van der Waals surface area contributed by atoms with Crippen LogP contribution >= 0.6 is 11.3 Å². The van der Waals surface area contributed by atoms with Crippen LogP contribution in [0.25, 0.3) is 0 Å². The number of anilines is 1. The lowest BCUT2D eigenvalue weighted by atomic mass is 10.2. The summed E-state index contributed by atoms with van der Waals surface area (Å²) in [6.45, 7) is 12.9. The highest BCUT2D eigenvalue weighted by Gasteiger charge is 2.13. The van der Waals surface area contributed by atoms with E-state index in [0.717, 1.165) is 31.3 Å². The van der Waals surface area contributed by atoms with Gasteiger partial charge in [0.1, 0.15) is 0 Å². The summed E-state index contributed by atoms with van der Waals surface area (Å²) in [5.41, 5.74) is 0. The zero-order chi connectivity index (χ0) is 15.1. The molecule has 0 radical (unpaired) electrons. The second kappa shape index (κ2) is 8.60. The van der Waals surface area contributed by atoms with Gasteiger partial charge in [0.05, 0.1) is 0 Å². The molecule has 116 valence electrons. The van der Waals surface area contributed by atoms with Gasteiger partial charge in [0, 0.05) is 43.3 Å². The molecule has 4 nitrogen and oxygen atoms in total. The Bertz CT molecular complexity index is 374. The summed E-state index contributed by atoms with van der Waals surface area (Å²) >= 11 is 1.81. The lowest BCUT2D eigenvalue weighted by Gasteiger charge is -2.25. The van der Waals surface area contributed by atoms with Crippen molar-refractivity contribution < 1.29 is 0 Å². The van der Waals surface area contributed by atoms with Gasteiger partial charge in [-0.15, -0.1) is 11.3 Å². The Morgan fingerprint density at radius 3 is 2.45 bits per heavy atom. The highest BCUT2D eigenvalue weighted by Crippen LogP contribution is 2.23. The molecule has 0 aliphatic rings. The van der Waals surface area contributed by atoms with Crippen molar-refractivity contribution in [3.8, 4) is 0 Å². The van der Waals surface area contributed by atoms with E-state index in [1.807, 2.05) is 17.5 Å². The number of nitrogens with one attached hydrogen (secondary N) is 1. The molecule has 1 rings (SSSR count). The van der Waals surface area contributed by atoms with Crippen LogP contribution in [0.15, 0.2) is 6.20 Å². The van der Waals surface area contributed by atoms with Crippen LogP contribution in [0.5, 0.6) is 0 Å². The van der Waals surface area contributed by atoms with E-state index < -0.39 is 0 Å². The van der Waals surface area contributed by atoms with E-state index in [1.165, 1.54) is 4.88 Å². The Labute approximate surface area is 128 Å². The monoisotopic (exact) mass is 298 g/mol. The minimum absolute atomic E-state index is 0.515. The Kier molecular flexibility index (Phi) is 7.48. The molecule has 0 saturated carbocycles. The molecule has 0 saturated heterocycles. The number of thiazole rings is 1. The molecular formula is C15H30N4S. The molecule has 0 atom stereocenters. The summed E-state index contributed by atoms with van der Waals surface area (Å²) in [7, 11) is 4.24. The molecule has 1 N–H and O–H groups in total. The molecule has 0 amide bonds. The Hall–Kier alpha value is -0.650. The highest BCUT2D eigenvalue weighted by atomic mass is 32.1. The first-order chi connectivity index (χ1) is 9.38. The molecule has 20 heavy (non-hydrogen) atoms. The Balaban J connectivity index is 2.64. The first kappa shape index (κ1) is 17.4. The van der Waals surface area contributed by atoms with Crippen LogP contribution in [0.3, 0.4) is 0 Å². The molecule has 0 aliphatic carbocycles. The van der Waals surface area contributed by atoms with Gasteiger partial charge >= 0.3 is 0 Å². The van der Waals surface area contributed by atoms with Gasteiger partial charge < -0.3 is 15.1 Å². The topological polar surface area (TPSA) is 31.4 Å². The zero-order valence-electron chi connectivity index (χ0n) is 13.8. The molecule has 5 heteroatoms. The van der Waals surface area contributed by atoms with Crippen LogP contribution in [0.1, 0.15) is 32.6 Å². The molecule has 1 heterocycles. The van der Waals surface area contributed by atoms with E-state index in [9.17, 15) is 0 Å². The average molecular weight is 298 g/mol. The maximum absolute atomic E-state index is 4.61. The van der Waals surface area contributed by atoms with E-state index in [1.54, 1.807) is 0 Å². The van der Waals surface area contributed by atoms with Gasteiger partial charge in [-0.05, 0) is 20.0 Å². The Morgan fingerprint density at radius 1 is 1.20 bits per heavy atom. The van der Waals surface area contributed by atoms with Crippen molar-refractivity contribution in [2.75, 3.05) is 38.6 Å². The lowest BCUT2D eigenvalue weighted by Crippen LogP contribution is -2.34. The summed E-state index contributed by atoms with van der Waals surface area (Å²) < 4.78 is 0. The molecule has 0 bridgehead atoms. The van der Waals surface area contributed by atoms with Crippen LogP contribution in [0.2, 0.25) is 0 Å². The standard InChI is InChI=1S/C15H30N4S/c1-12(2)11-19(8-7-18(5)6)15-17-10-14(20-15)9-16-13(3)4/h10,12-13,16H,7-9,11H2,1-6H3. The van der Waals surface area contributed by atoms with Crippen LogP contribution in [0, 0.1) is 5.92 Å². The molecule has 0 aromatic carbocycles. The molecule has 1 aromatic heterocycles. The van der Waals surface area contributed by atoms with Crippen molar-refractivity contribution in [3.05, 3.63) is 11.1 Å². The van der Waals surface area contributed by atoms with Crippen molar-refractivity contribution in [3.63, 3.8) is 0 Å². The minimum atomic E-state index is 0.515. The fraction of sp³-hybridized carbons (Fsp3) is 0.800. The predicted molar refractivity (Wildman–Crippen MR) is 89.7 cm³/mol. The van der Waals surface area contributed by atoms with Gasteiger partial charge in [0.2, 0.25) is 0 Å².